The minimum Gasteiger partial charge on any atom is -0.378 e. The van der Waals surface area contributed by atoms with Gasteiger partial charge in [-0.1, -0.05) is 23.6 Å². The summed E-state index contributed by atoms with van der Waals surface area (Å²) in [6.07, 6.45) is -3.05. The highest BCUT2D eigenvalue weighted by molar-refractivity contribution is 6.37. The minimum absolute atomic E-state index is 0.0256. The number of aliphatic hydroxyl groups is 1. The Morgan fingerprint density at radius 2 is 1.74 bits per heavy atom. The van der Waals surface area contributed by atoms with Crippen molar-refractivity contribution in [1.82, 2.24) is 35.2 Å². The Hall–Kier alpha value is -5.44. The van der Waals surface area contributed by atoms with Crippen molar-refractivity contribution in [1.29, 1.82) is 0 Å². The molecular formula is C40H37ClF6N8O3. The zero-order valence-corrected chi connectivity index (χ0v) is 32.3. The zero-order valence-electron chi connectivity index (χ0n) is 31.5. The van der Waals surface area contributed by atoms with Crippen molar-refractivity contribution in [3.05, 3.63) is 93.0 Å². The van der Waals surface area contributed by atoms with E-state index in [0.717, 1.165) is 12.1 Å². The van der Waals surface area contributed by atoms with Gasteiger partial charge < -0.3 is 21.1 Å². The number of nitrogens with one attached hydrogen (secondary N) is 3. The third-order valence-electron chi connectivity index (χ3n) is 10.2. The van der Waals surface area contributed by atoms with Gasteiger partial charge in [-0.05, 0) is 87.9 Å². The molecule has 0 spiro atoms. The topological polar surface area (TPSA) is 139 Å². The first-order valence-electron chi connectivity index (χ1n) is 18.2. The van der Waals surface area contributed by atoms with Crippen LogP contribution in [0.4, 0.5) is 32.2 Å². The van der Waals surface area contributed by atoms with E-state index in [2.05, 4.69) is 38.0 Å². The van der Waals surface area contributed by atoms with Crippen LogP contribution in [-0.2, 0) is 35.5 Å². The molecule has 3 aromatic heterocycles. The van der Waals surface area contributed by atoms with E-state index in [0.29, 0.717) is 32.8 Å². The standard InChI is InChI=1S/C40H37ClF6N8O3/c1-39(2,58)12-11-22-5-6-23(24-8-10-27(41)32-35(24)54(4)53-38(32)51-29(56)17-48-3)33(49-22)28(15-19-13-20(42)16-21(43)14-19)50-30(57)18-55-36-31(34(52-55)37(44)45)25-7-9-26(25)40(36,46)47/h5-6,8,10,13-14,16,25-26,28,37,48,58H,7,9,15,17-18H2,1-4H3,(H,50,57)(H,51,53,56)/t25-,26+,28-/m0/s1. The molecule has 4 N–H and O–H groups in total. The first-order chi connectivity index (χ1) is 27.4. The Balaban J connectivity index is 1.37. The number of nitrogens with zero attached hydrogens (tertiary/aromatic N) is 5. The molecule has 2 aromatic carbocycles. The number of fused-ring (bicyclic) bond motifs is 4. The molecule has 0 saturated heterocycles. The molecule has 1 fully saturated rings. The normalized spacial score (nSPS) is 17.3. The van der Waals surface area contributed by atoms with Gasteiger partial charge in [-0.2, -0.15) is 19.0 Å². The first-order valence-corrected chi connectivity index (χ1v) is 18.6. The SMILES string of the molecule is CNCC(=O)Nc1nn(C)c2c(-c3ccc(C#CC(C)(C)O)nc3[C@H](Cc3cc(F)cc(F)c3)NC(=O)Cn3nc(C(F)F)c4c3C(F)(F)[C@@H]3CC[C@H]43)ccc(Cl)c12. The van der Waals surface area contributed by atoms with Crippen LogP contribution >= 0.6 is 11.6 Å². The molecule has 2 aliphatic carbocycles. The molecule has 2 amide bonds. The molecule has 58 heavy (non-hydrogen) atoms. The van der Waals surface area contributed by atoms with Crippen molar-refractivity contribution in [2.24, 2.45) is 13.0 Å². The Bertz CT molecular complexity index is 2500. The third-order valence-corrected chi connectivity index (χ3v) is 10.5. The first kappa shape index (κ1) is 40.7. The summed E-state index contributed by atoms with van der Waals surface area (Å²) in [6.45, 7) is 1.99. The second kappa shape index (κ2) is 15.4. The highest BCUT2D eigenvalue weighted by Crippen LogP contribution is 2.63. The maximum absolute atomic E-state index is 15.7. The number of amides is 2. The van der Waals surface area contributed by atoms with Crippen molar-refractivity contribution in [3.8, 4) is 23.0 Å². The van der Waals surface area contributed by atoms with E-state index in [-0.39, 0.29) is 59.2 Å². The number of aryl methyl sites for hydroxylation is 1. The number of rotatable bonds is 11. The van der Waals surface area contributed by atoms with E-state index in [4.69, 9.17) is 16.6 Å². The average Bonchev–Trinajstić information content (AvgIpc) is 3.68. The van der Waals surface area contributed by atoms with Crippen LogP contribution in [0.1, 0.15) is 79.0 Å². The lowest BCUT2D eigenvalue weighted by Gasteiger charge is -2.34. The van der Waals surface area contributed by atoms with Crippen LogP contribution in [0.2, 0.25) is 5.02 Å². The van der Waals surface area contributed by atoms with Crippen molar-refractivity contribution in [2.75, 3.05) is 18.9 Å². The van der Waals surface area contributed by atoms with Gasteiger partial charge in [-0.25, -0.2) is 22.5 Å². The van der Waals surface area contributed by atoms with E-state index in [9.17, 15) is 32.3 Å². The highest BCUT2D eigenvalue weighted by atomic mass is 35.5. The number of alkyl halides is 4. The summed E-state index contributed by atoms with van der Waals surface area (Å²) < 4.78 is 91.0. The number of hydrogen-bond donors (Lipinski definition) is 4. The predicted molar refractivity (Wildman–Crippen MR) is 202 cm³/mol. The van der Waals surface area contributed by atoms with E-state index >= 15 is 8.78 Å². The van der Waals surface area contributed by atoms with Crippen molar-refractivity contribution >= 4 is 40.1 Å². The highest BCUT2D eigenvalue weighted by Gasteiger charge is 2.62. The lowest BCUT2D eigenvalue weighted by atomic mass is 9.73. The van der Waals surface area contributed by atoms with Crippen LogP contribution in [0.3, 0.4) is 0 Å². The summed E-state index contributed by atoms with van der Waals surface area (Å²) in [5.74, 6) is -3.06. The van der Waals surface area contributed by atoms with Crippen molar-refractivity contribution < 1.29 is 41.0 Å². The van der Waals surface area contributed by atoms with Gasteiger partial charge in [-0.15, -0.1) is 0 Å². The molecule has 2 aliphatic rings. The summed E-state index contributed by atoms with van der Waals surface area (Å²) >= 11 is 6.68. The zero-order chi connectivity index (χ0) is 41.8. The Kier molecular flexibility index (Phi) is 10.8. The van der Waals surface area contributed by atoms with Crippen LogP contribution in [-0.4, -0.2) is 60.7 Å². The summed E-state index contributed by atoms with van der Waals surface area (Å²) in [7, 11) is 3.21. The number of anilines is 1. The van der Waals surface area contributed by atoms with Gasteiger partial charge >= 0.3 is 0 Å². The lowest BCUT2D eigenvalue weighted by Crippen LogP contribution is -2.36. The number of carbonyl (C=O) groups is 2. The summed E-state index contributed by atoms with van der Waals surface area (Å²) in [5, 5.41) is 27.4. The van der Waals surface area contributed by atoms with E-state index in [1.54, 1.807) is 38.4 Å². The monoisotopic (exact) mass is 826 g/mol. The molecule has 11 nitrogen and oxygen atoms in total. The Morgan fingerprint density at radius 3 is 2.38 bits per heavy atom. The van der Waals surface area contributed by atoms with E-state index in [1.807, 2.05) is 0 Å². The number of aromatic nitrogens is 5. The van der Waals surface area contributed by atoms with Crippen LogP contribution < -0.4 is 16.0 Å². The van der Waals surface area contributed by atoms with Crippen LogP contribution in [0, 0.1) is 29.4 Å². The number of benzene rings is 2. The van der Waals surface area contributed by atoms with Crippen LogP contribution in [0.15, 0.2) is 42.5 Å². The Labute approximate surface area is 333 Å². The fourth-order valence-corrected chi connectivity index (χ4v) is 8.02. The van der Waals surface area contributed by atoms with Gasteiger partial charge in [-0.3, -0.25) is 19.0 Å². The van der Waals surface area contributed by atoms with Crippen LogP contribution in [0.25, 0.3) is 22.0 Å². The van der Waals surface area contributed by atoms with E-state index < -0.39 is 77.2 Å². The van der Waals surface area contributed by atoms with Gasteiger partial charge in [0.1, 0.15) is 40.9 Å². The fourth-order valence-electron chi connectivity index (χ4n) is 7.77. The maximum Gasteiger partial charge on any atom is 0.293 e. The molecule has 7 rings (SSSR count). The molecule has 3 atom stereocenters. The lowest BCUT2D eigenvalue weighted by molar-refractivity contribution is -0.123. The predicted octanol–water partition coefficient (Wildman–Crippen LogP) is 6.68. The Morgan fingerprint density at radius 1 is 1.03 bits per heavy atom. The second-order valence-corrected chi connectivity index (χ2v) is 15.3. The van der Waals surface area contributed by atoms with Crippen LogP contribution in [0.5, 0.6) is 0 Å². The molecule has 18 heteroatoms. The number of pyridine rings is 1. The largest absolute Gasteiger partial charge is 0.378 e. The molecule has 0 unspecified atom stereocenters. The quantitative estimate of drug-likeness (QED) is 0.0862. The molecule has 0 radical (unpaired) electrons. The molecule has 304 valence electrons. The third kappa shape index (κ3) is 7.75. The van der Waals surface area contributed by atoms with Gasteiger partial charge in [0.2, 0.25) is 11.8 Å². The van der Waals surface area contributed by atoms with Crippen molar-refractivity contribution in [3.63, 3.8) is 0 Å². The number of carbonyl (C=O) groups excluding carboxylic acids is 2. The average molecular weight is 827 g/mol. The molecule has 1 saturated carbocycles. The van der Waals surface area contributed by atoms with Gasteiger partial charge in [0.15, 0.2) is 5.82 Å². The summed E-state index contributed by atoms with van der Waals surface area (Å²) in [5.41, 5.74) is -1.77. The molecule has 5 aromatic rings. The molecular weight excluding hydrogens is 790 g/mol. The molecule has 0 bridgehead atoms. The van der Waals surface area contributed by atoms with Gasteiger partial charge in [0.05, 0.1) is 34.2 Å². The maximum atomic E-state index is 15.7. The summed E-state index contributed by atoms with van der Waals surface area (Å²) in [4.78, 5) is 31.4. The fraction of sp³-hybridized carbons (Fsp3) is 0.375. The second-order valence-electron chi connectivity index (χ2n) is 14.9. The minimum atomic E-state index is -3.51. The molecule has 3 heterocycles. The smallest absolute Gasteiger partial charge is 0.293 e. The number of halogens is 7. The number of likely N-dealkylation sites (N-methyl/N-ethyl adjacent to an activating group) is 1. The van der Waals surface area contributed by atoms with Gasteiger partial charge in [0.25, 0.3) is 12.3 Å². The van der Waals surface area contributed by atoms with Gasteiger partial charge in [0, 0.05) is 35.7 Å². The number of hydrogen-bond acceptors (Lipinski definition) is 7. The van der Waals surface area contributed by atoms with E-state index in [1.165, 1.54) is 18.5 Å². The molecule has 0 aliphatic heterocycles. The summed E-state index contributed by atoms with van der Waals surface area (Å²) in [6, 6.07) is 7.84. The van der Waals surface area contributed by atoms with Crippen molar-refractivity contribution in [2.45, 2.75) is 69.6 Å².